The van der Waals surface area contributed by atoms with Crippen molar-refractivity contribution in [2.45, 2.75) is 44.4 Å². The van der Waals surface area contributed by atoms with Gasteiger partial charge in [-0.25, -0.2) is 0 Å². The standard InChI is InChI=1S/C20H19Br2NO3/c1-26-20-11(21)8-10(9-12(20)22)17-18-13(4-2-6-15(18)24)23-14-5-3-7-16(25)19(14)17/h8-9,17,23H,2-7H2,1H3. The number of Topliss-reactive ketones (excluding diaryl/α,β-unsaturated/α-hetero) is 2. The lowest BCUT2D eigenvalue weighted by Crippen LogP contribution is -2.36. The minimum atomic E-state index is -0.291. The third kappa shape index (κ3) is 2.87. The van der Waals surface area contributed by atoms with E-state index in [4.69, 9.17) is 4.74 Å². The Hall–Kier alpha value is -1.40. The third-order valence-electron chi connectivity index (χ3n) is 5.35. The van der Waals surface area contributed by atoms with Crippen molar-refractivity contribution in [3.8, 4) is 5.75 Å². The number of hydrogen-bond acceptors (Lipinski definition) is 4. The van der Waals surface area contributed by atoms with Gasteiger partial charge in [0.05, 0.1) is 16.1 Å². The van der Waals surface area contributed by atoms with Gasteiger partial charge in [-0.05, 0) is 75.2 Å². The van der Waals surface area contributed by atoms with Crippen LogP contribution >= 0.6 is 31.9 Å². The van der Waals surface area contributed by atoms with Crippen LogP contribution in [0.5, 0.6) is 5.75 Å². The van der Waals surface area contributed by atoms with E-state index in [-0.39, 0.29) is 17.5 Å². The molecule has 136 valence electrons. The molecule has 1 aromatic rings. The number of hydrogen-bond donors (Lipinski definition) is 1. The van der Waals surface area contributed by atoms with Crippen molar-refractivity contribution in [2.75, 3.05) is 7.11 Å². The van der Waals surface area contributed by atoms with Crippen molar-refractivity contribution in [3.05, 3.63) is 49.2 Å². The SMILES string of the molecule is COc1c(Br)cc(C2C3=C(CCCC3=O)NC3=C2C(=O)CCC3)cc1Br. The van der Waals surface area contributed by atoms with Gasteiger partial charge in [-0.3, -0.25) is 9.59 Å². The number of benzene rings is 1. The van der Waals surface area contributed by atoms with Gasteiger partial charge in [0.1, 0.15) is 5.75 Å². The first-order valence-corrected chi connectivity index (χ1v) is 10.4. The number of nitrogens with one attached hydrogen (secondary N) is 1. The van der Waals surface area contributed by atoms with Crippen LogP contribution in [0.4, 0.5) is 0 Å². The Kier molecular flexibility index (Phi) is 4.82. The van der Waals surface area contributed by atoms with Gasteiger partial charge in [-0.2, -0.15) is 0 Å². The Balaban J connectivity index is 1.93. The first-order valence-electron chi connectivity index (χ1n) is 8.83. The predicted molar refractivity (Wildman–Crippen MR) is 106 cm³/mol. The van der Waals surface area contributed by atoms with E-state index in [0.717, 1.165) is 62.7 Å². The topological polar surface area (TPSA) is 55.4 Å². The van der Waals surface area contributed by atoms with Crippen molar-refractivity contribution in [2.24, 2.45) is 0 Å². The second kappa shape index (κ2) is 6.97. The molecule has 26 heavy (non-hydrogen) atoms. The minimum absolute atomic E-state index is 0.150. The van der Waals surface area contributed by atoms with Gasteiger partial charge >= 0.3 is 0 Å². The van der Waals surface area contributed by atoms with Gasteiger partial charge < -0.3 is 10.1 Å². The fourth-order valence-electron chi connectivity index (χ4n) is 4.26. The van der Waals surface area contributed by atoms with Gasteiger partial charge in [-0.1, -0.05) is 0 Å². The van der Waals surface area contributed by atoms with Crippen LogP contribution in [0.1, 0.15) is 50.0 Å². The van der Waals surface area contributed by atoms with E-state index in [1.807, 2.05) is 12.1 Å². The zero-order valence-corrected chi connectivity index (χ0v) is 17.6. The maximum Gasteiger partial charge on any atom is 0.161 e. The van der Waals surface area contributed by atoms with Crippen LogP contribution in [0.2, 0.25) is 0 Å². The van der Waals surface area contributed by atoms with Gasteiger partial charge in [0.15, 0.2) is 11.6 Å². The highest BCUT2D eigenvalue weighted by molar-refractivity contribution is 9.11. The number of rotatable bonds is 2. The molecule has 1 heterocycles. The normalized spacial score (nSPS) is 20.7. The summed E-state index contributed by atoms with van der Waals surface area (Å²) in [5.74, 6) is 0.713. The minimum Gasteiger partial charge on any atom is -0.494 e. The maximum absolute atomic E-state index is 12.8. The van der Waals surface area contributed by atoms with E-state index in [9.17, 15) is 9.59 Å². The summed E-state index contributed by atoms with van der Waals surface area (Å²) < 4.78 is 7.02. The van der Waals surface area contributed by atoms with Crippen molar-refractivity contribution in [1.82, 2.24) is 5.32 Å². The molecule has 0 aromatic heterocycles. The first kappa shape index (κ1) is 18.0. The second-order valence-corrected chi connectivity index (χ2v) is 8.62. The molecule has 6 heteroatoms. The quantitative estimate of drug-likeness (QED) is 0.652. The molecule has 4 rings (SSSR count). The van der Waals surface area contributed by atoms with Gasteiger partial charge in [-0.15, -0.1) is 0 Å². The largest absolute Gasteiger partial charge is 0.494 e. The average Bonchev–Trinajstić information content (AvgIpc) is 2.60. The fraction of sp³-hybridized carbons (Fsp3) is 0.400. The number of methoxy groups -OCH3 is 1. The Bertz CT molecular complexity index is 820. The van der Waals surface area contributed by atoms with E-state index in [2.05, 4.69) is 37.2 Å². The average molecular weight is 481 g/mol. The van der Waals surface area contributed by atoms with E-state index >= 15 is 0 Å². The first-order chi connectivity index (χ1) is 12.5. The maximum atomic E-state index is 12.8. The molecule has 0 atom stereocenters. The van der Waals surface area contributed by atoms with Crippen LogP contribution in [0.25, 0.3) is 0 Å². The van der Waals surface area contributed by atoms with Crippen molar-refractivity contribution >= 4 is 43.4 Å². The van der Waals surface area contributed by atoms with Crippen LogP contribution < -0.4 is 10.1 Å². The Morgan fingerprint density at radius 3 is 1.88 bits per heavy atom. The third-order valence-corrected chi connectivity index (χ3v) is 6.53. The lowest BCUT2D eigenvalue weighted by molar-refractivity contribution is -0.116. The van der Waals surface area contributed by atoms with Crippen molar-refractivity contribution < 1.29 is 14.3 Å². The number of dihydropyridines is 1. The van der Waals surface area contributed by atoms with E-state index in [1.54, 1.807) is 7.11 Å². The molecule has 0 bridgehead atoms. The van der Waals surface area contributed by atoms with E-state index < -0.39 is 0 Å². The van der Waals surface area contributed by atoms with Gasteiger partial charge in [0.2, 0.25) is 0 Å². The lowest BCUT2D eigenvalue weighted by atomic mass is 9.71. The lowest BCUT2D eigenvalue weighted by Gasteiger charge is -2.37. The van der Waals surface area contributed by atoms with Gasteiger partial charge in [0.25, 0.3) is 0 Å². The zero-order chi connectivity index (χ0) is 18.4. The molecule has 2 aliphatic carbocycles. The molecular formula is C20H19Br2NO3. The Morgan fingerprint density at radius 1 is 0.923 bits per heavy atom. The molecular weight excluding hydrogens is 462 g/mol. The highest BCUT2D eigenvalue weighted by Gasteiger charge is 2.40. The number of carbonyl (C=O) groups excluding carboxylic acids is 2. The number of allylic oxidation sites excluding steroid dienone is 4. The van der Waals surface area contributed by atoms with Crippen molar-refractivity contribution in [1.29, 1.82) is 0 Å². The summed E-state index contributed by atoms with van der Waals surface area (Å²) in [4.78, 5) is 25.6. The van der Waals surface area contributed by atoms with E-state index in [0.29, 0.717) is 18.6 Å². The summed E-state index contributed by atoms with van der Waals surface area (Å²) in [7, 11) is 1.62. The number of ketones is 2. The van der Waals surface area contributed by atoms with Crippen LogP contribution in [0.3, 0.4) is 0 Å². The monoisotopic (exact) mass is 479 g/mol. The number of carbonyl (C=O) groups is 2. The molecule has 0 spiro atoms. The fourth-order valence-corrected chi connectivity index (χ4v) is 5.80. The molecule has 1 aromatic carbocycles. The smallest absolute Gasteiger partial charge is 0.161 e. The molecule has 0 radical (unpaired) electrons. The number of halogens is 2. The highest BCUT2D eigenvalue weighted by Crippen LogP contribution is 2.47. The molecule has 0 fully saturated rings. The summed E-state index contributed by atoms with van der Waals surface area (Å²) in [6, 6.07) is 3.94. The summed E-state index contributed by atoms with van der Waals surface area (Å²) in [6.07, 6.45) is 4.55. The van der Waals surface area contributed by atoms with Gasteiger partial charge in [0, 0.05) is 41.3 Å². The van der Waals surface area contributed by atoms with Crippen LogP contribution in [-0.4, -0.2) is 18.7 Å². The summed E-state index contributed by atoms with van der Waals surface area (Å²) in [5, 5.41) is 3.44. The van der Waals surface area contributed by atoms with Crippen molar-refractivity contribution in [3.63, 3.8) is 0 Å². The molecule has 3 aliphatic rings. The van der Waals surface area contributed by atoms with E-state index in [1.165, 1.54) is 0 Å². The summed E-state index contributed by atoms with van der Waals surface area (Å²) in [6.45, 7) is 0. The second-order valence-electron chi connectivity index (χ2n) is 6.91. The summed E-state index contributed by atoms with van der Waals surface area (Å²) >= 11 is 7.12. The molecule has 4 nitrogen and oxygen atoms in total. The molecule has 0 saturated carbocycles. The molecule has 1 N–H and O–H groups in total. The molecule has 0 unspecified atom stereocenters. The zero-order valence-electron chi connectivity index (χ0n) is 14.5. The molecule has 0 amide bonds. The Labute approximate surface area is 169 Å². The van der Waals surface area contributed by atoms with Crippen LogP contribution in [0, 0.1) is 0 Å². The van der Waals surface area contributed by atoms with Crippen LogP contribution in [0.15, 0.2) is 43.6 Å². The Morgan fingerprint density at radius 2 is 1.42 bits per heavy atom. The summed E-state index contributed by atoms with van der Waals surface area (Å²) in [5.41, 5.74) is 4.49. The highest BCUT2D eigenvalue weighted by atomic mass is 79.9. The molecule has 0 saturated heterocycles. The molecule has 1 aliphatic heterocycles. The van der Waals surface area contributed by atoms with Crippen LogP contribution in [-0.2, 0) is 9.59 Å². The predicted octanol–water partition coefficient (Wildman–Crippen LogP) is 4.92. The number of ether oxygens (including phenoxy) is 1.